The second-order valence-electron chi connectivity index (χ2n) is 8.25. The molecule has 0 aromatic heterocycles. The highest BCUT2D eigenvalue weighted by Crippen LogP contribution is 2.31. The highest BCUT2D eigenvalue weighted by Gasteiger charge is 2.53. The first-order valence-corrected chi connectivity index (χ1v) is 10.5. The Labute approximate surface area is 192 Å². The predicted molar refractivity (Wildman–Crippen MR) is 101 cm³/mol. The Morgan fingerprint density at radius 1 is 0.647 bits per heavy atom. The summed E-state index contributed by atoms with van der Waals surface area (Å²) in [4.78, 5) is 11.5. The van der Waals surface area contributed by atoms with Crippen LogP contribution >= 0.6 is 0 Å². The third-order valence-corrected chi connectivity index (χ3v) is 5.99. The molecule has 0 radical (unpaired) electrons. The molecule has 3 heterocycles. The van der Waals surface area contributed by atoms with Crippen molar-refractivity contribution in [2.45, 2.75) is 85.8 Å². The number of hydrogen-bond acceptors (Lipinski definition) is 15. The lowest BCUT2D eigenvalue weighted by molar-refractivity contribution is -0.324. The Hall–Kier alpha value is -1.09. The Kier molecular flexibility index (Phi) is 9.15. The number of carboxylic acids is 1. The third-order valence-electron chi connectivity index (χ3n) is 5.99. The maximum absolute atomic E-state index is 11.5. The van der Waals surface area contributed by atoms with Gasteiger partial charge in [-0.2, -0.15) is 0 Å². The van der Waals surface area contributed by atoms with Crippen LogP contribution in [0, 0.1) is 0 Å². The molecule has 0 aromatic carbocycles. The fourth-order valence-electron chi connectivity index (χ4n) is 3.97. The molecule has 3 rings (SSSR count). The summed E-state index contributed by atoms with van der Waals surface area (Å²) in [6, 6.07) is 0. The van der Waals surface area contributed by atoms with Crippen molar-refractivity contribution in [1.29, 1.82) is 0 Å². The zero-order valence-electron chi connectivity index (χ0n) is 17.6. The number of aliphatic carboxylic acids is 1. The van der Waals surface area contributed by atoms with E-state index in [0.29, 0.717) is 0 Å². The van der Waals surface area contributed by atoms with E-state index in [0.717, 1.165) is 0 Å². The van der Waals surface area contributed by atoms with E-state index < -0.39 is 112 Å². The minimum atomic E-state index is -1.85. The topological polar surface area (TPSA) is 266 Å². The number of carboxylic acid groups (broad SMARTS) is 1. The van der Waals surface area contributed by atoms with E-state index in [2.05, 4.69) is 0 Å². The van der Waals surface area contributed by atoms with Crippen LogP contribution in [-0.4, -0.2) is 163 Å². The molecule has 0 spiro atoms. The number of hydrogen-bond donors (Lipinski definition) is 10. The van der Waals surface area contributed by atoms with Gasteiger partial charge in [0.1, 0.15) is 67.1 Å². The van der Waals surface area contributed by atoms with E-state index in [1.165, 1.54) is 0 Å². The number of aliphatic hydroxyl groups is 9. The highest BCUT2D eigenvalue weighted by atomic mass is 16.7. The highest BCUT2D eigenvalue weighted by molar-refractivity contribution is 5.73. The van der Waals surface area contributed by atoms with Crippen LogP contribution in [0.5, 0.6) is 0 Å². The van der Waals surface area contributed by atoms with Crippen LogP contribution in [0.4, 0.5) is 0 Å². The van der Waals surface area contributed by atoms with Crippen LogP contribution in [0.25, 0.3) is 0 Å². The summed E-state index contributed by atoms with van der Waals surface area (Å²) >= 11 is 0. The zero-order valence-corrected chi connectivity index (χ0v) is 17.6. The molecule has 198 valence electrons. The maximum Gasteiger partial charge on any atom is 0.335 e. The van der Waals surface area contributed by atoms with Gasteiger partial charge < -0.3 is 74.7 Å². The normalized spacial score (nSPS) is 49.8. The molecule has 3 saturated heterocycles. The van der Waals surface area contributed by atoms with Crippen LogP contribution in [0.15, 0.2) is 0 Å². The molecule has 14 atom stereocenters. The molecular formula is C18H30O16. The lowest BCUT2D eigenvalue weighted by Gasteiger charge is -2.41. The SMILES string of the molecule is O=C(O)[C@H]1O[C@H](CO[C@@H]2O[C@H](CO)[C@H](O)[C@H](O)[C@H]2O)[C@H](O[C@H]2O[C@H](CO)[C@@H](O)[C@H](O)[C@H]2O)[C@@H]1O. The molecule has 34 heavy (non-hydrogen) atoms. The van der Waals surface area contributed by atoms with Crippen molar-refractivity contribution >= 4 is 5.97 Å². The minimum Gasteiger partial charge on any atom is -0.479 e. The monoisotopic (exact) mass is 502 g/mol. The van der Waals surface area contributed by atoms with Gasteiger partial charge >= 0.3 is 5.97 Å². The minimum absolute atomic E-state index is 0.606. The van der Waals surface area contributed by atoms with Gasteiger partial charge in [0.05, 0.1) is 19.8 Å². The van der Waals surface area contributed by atoms with Crippen molar-refractivity contribution in [3.8, 4) is 0 Å². The standard InChI is InChI=1S/C18H30O16/c19-1-4-7(21)9(23)11(25)17(32-4)30-3-6-14(13(27)15(31-6)16(28)29)34-18-12(26)10(24)8(22)5(2-20)33-18/h4-15,17-27H,1-3H2,(H,28,29)/t4-,5-,6-,7+,8-,9+,10+,11-,12-,13+,14+,15+,17-,18-/m1/s1. The van der Waals surface area contributed by atoms with E-state index in [1.807, 2.05) is 0 Å². The van der Waals surface area contributed by atoms with Crippen molar-refractivity contribution in [1.82, 2.24) is 0 Å². The van der Waals surface area contributed by atoms with E-state index in [-0.39, 0.29) is 0 Å². The number of aliphatic hydroxyl groups excluding tert-OH is 9. The summed E-state index contributed by atoms with van der Waals surface area (Å²) in [7, 11) is 0. The molecule has 3 aliphatic rings. The lowest BCUT2D eigenvalue weighted by atomic mass is 9.99. The molecule has 16 nitrogen and oxygen atoms in total. The first kappa shape index (κ1) is 27.5. The average molecular weight is 502 g/mol. The predicted octanol–water partition coefficient (Wildman–Crippen LogP) is -6.80. The molecule has 0 saturated carbocycles. The van der Waals surface area contributed by atoms with E-state index in [1.54, 1.807) is 0 Å². The van der Waals surface area contributed by atoms with Gasteiger partial charge in [-0.15, -0.1) is 0 Å². The average Bonchev–Trinajstić information content (AvgIpc) is 3.12. The summed E-state index contributed by atoms with van der Waals surface area (Å²) in [5.74, 6) is -1.56. The third kappa shape index (κ3) is 5.35. The smallest absolute Gasteiger partial charge is 0.335 e. The van der Waals surface area contributed by atoms with Gasteiger partial charge in [-0.05, 0) is 0 Å². The molecule has 0 amide bonds. The Morgan fingerprint density at radius 3 is 1.65 bits per heavy atom. The first-order chi connectivity index (χ1) is 16.0. The number of rotatable bonds is 8. The second kappa shape index (κ2) is 11.3. The molecular weight excluding hydrogens is 472 g/mol. The summed E-state index contributed by atoms with van der Waals surface area (Å²) < 4.78 is 26.5. The van der Waals surface area contributed by atoms with Gasteiger partial charge in [0, 0.05) is 0 Å². The Morgan fingerprint density at radius 2 is 1.15 bits per heavy atom. The van der Waals surface area contributed by atoms with Crippen molar-refractivity contribution in [3.63, 3.8) is 0 Å². The molecule has 16 heteroatoms. The van der Waals surface area contributed by atoms with Crippen LogP contribution in [0.2, 0.25) is 0 Å². The second-order valence-corrected chi connectivity index (χ2v) is 8.25. The van der Waals surface area contributed by atoms with E-state index in [4.69, 9.17) is 23.7 Å². The molecule has 0 unspecified atom stereocenters. The molecule has 3 fully saturated rings. The van der Waals surface area contributed by atoms with Crippen LogP contribution in [-0.2, 0) is 28.5 Å². The quantitative estimate of drug-likeness (QED) is 0.148. The first-order valence-electron chi connectivity index (χ1n) is 10.5. The molecule has 0 bridgehead atoms. The van der Waals surface area contributed by atoms with Crippen LogP contribution < -0.4 is 0 Å². The van der Waals surface area contributed by atoms with E-state index >= 15 is 0 Å². The summed E-state index contributed by atoms with van der Waals surface area (Å²) in [6.07, 6.45) is -22.9. The van der Waals surface area contributed by atoms with Crippen molar-refractivity contribution in [3.05, 3.63) is 0 Å². The Bertz CT molecular complexity index is 676. The maximum atomic E-state index is 11.5. The summed E-state index contributed by atoms with van der Waals surface area (Å²) in [6.45, 7) is -2.07. The van der Waals surface area contributed by atoms with Crippen molar-refractivity contribution in [2.75, 3.05) is 19.8 Å². The van der Waals surface area contributed by atoms with Crippen LogP contribution in [0.1, 0.15) is 0 Å². The summed E-state index contributed by atoms with van der Waals surface area (Å²) in [5.41, 5.74) is 0. The van der Waals surface area contributed by atoms with Gasteiger partial charge in [-0.25, -0.2) is 4.79 Å². The molecule has 10 N–H and O–H groups in total. The fourth-order valence-corrected chi connectivity index (χ4v) is 3.97. The van der Waals surface area contributed by atoms with Gasteiger partial charge in [-0.1, -0.05) is 0 Å². The largest absolute Gasteiger partial charge is 0.479 e. The van der Waals surface area contributed by atoms with Crippen LogP contribution in [0.3, 0.4) is 0 Å². The lowest BCUT2D eigenvalue weighted by Crippen LogP contribution is -2.61. The van der Waals surface area contributed by atoms with Gasteiger partial charge in [0.2, 0.25) is 0 Å². The Balaban J connectivity index is 1.71. The summed E-state index contributed by atoms with van der Waals surface area (Å²) in [5, 5.41) is 98.0. The van der Waals surface area contributed by atoms with Gasteiger partial charge in [0.25, 0.3) is 0 Å². The fraction of sp³-hybridized carbons (Fsp3) is 0.944. The molecule has 3 aliphatic heterocycles. The molecule has 0 aromatic rings. The van der Waals surface area contributed by atoms with Gasteiger partial charge in [-0.3, -0.25) is 0 Å². The number of ether oxygens (including phenoxy) is 5. The molecule has 0 aliphatic carbocycles. The van der Waals surface area contributed by atoms with Gasteiger partial charge in [0.15, 0.2) is 18.7 Å². The number of carbonyl (C=O) groups is 1. The van der Waals surface area contributed by atoms with Crippen molar-refractivity contribution in [2.24, 2.45) is 0 Å². The van der Waals surface area contributed by atoms with E-state index in [9.17, 15) is 55.9 Å². The zero-order chi connectivity index (χ0) is 25.3. The van der Waals surface area contributed by atoms with Crippen molar-refractivity contribution < 1.29 is 79.5 Å².